The molecule has 0 saturated heterocycles. The van der Waals surface area contributed by atoms with Crippen LogP contribution in [0.5, 0.6) is 6.01 Å². The number of anilines is 2. The topological polar surface area (TPSA) is 73.1 Å². The number of nitrogens with one attached hydrogen (secondary N) is 1. The van der Waals surface area contributed by atoms with Gasteiger partial charge in [0.2, 0.25) is 0 Å². The average Bonchev–Trinajstić information content (AvgIpc) is 3.10. The summed E-state index contributed by atoms with van der Waals surface area (Å²) >= 11 is 0. The number of halogens is 1. The summed E-state index contributed by atoms with van der Waals surface area (Å²) in [5, 5.41) is 2.87. The Bertz CT molecular complexity index is 1100. The third-order valence-corrected chi connectivity index (χ3v) is 3.95. The minimum absolute atomic E-state index is 0.209. The van der Waals surface area contributed by atoms with E-state index in [2.05, 4.69) is 27.2 Å². The number of aromatic nitrogens is 3. The summed E-state index contributed by atoms with van der Waals surface area (Å²) in [6.07, 6.45) is 3.16. The maximum absolute atomic E-state index is 14.6. The zero-order valence-corrected chi connectivity index (χ0v) is 16.0. The summed E-state index contributed by atoms with van der Waals surface area (Å²) in [4.78, 5) is 12.6. The minimum atomic E-state index is -0.447. The molecule has 0 saturated carbocycles. The van der Waals surface area contributed by atoms with Gasteiger partial charge in [0.15, 0.2) is 5.58 Å². The van der Waals surface area contributed by atoms with E-state index in [1.807, 2.05) is 32.0 Å². The van der Waals surface area contributed by atoms with Crippen LogP contribution >= 0.6 is 0 Å². The number of para-hydroxylation sites is 2. The Hall–Kier alpha value is -3.48. The van der Waals surface area contributed by atoms with E-state index in [0.717, 1.165) is 0 Å². The van der Waals surface area contributed by atoms with E-state index >= 15 is 0 Å². The van der Waals surface area contributed by atoms with Gasteiger partial charge in [0.1, 0.15) is 17.9 Å². The number of hydrogen-bond donors (Lipinski definition) is 1. The molecule has 0 atom stereocenters. The largest absolute Gasteiger partial charge is 0.456 e. The van der Waals surface area contributed by atoms with Crippen LogP contribution in [-0.2, 0) is 0 Å². The number of rotatable bonds is 6. The third-order valence-electron chi connectivity index (χ3n) is 3.95. The van der Waals surface area contributed by atoms with Crippen LogP contribution in [0.2, 0.25) is 0 Å². The molecule has 0 aliphatic rings. The molecule has 0 unspecified atom stereocenters. The van der Waals surface area contributed by atoms with Gasteiger partial charge in [0.05, 0.1) is 5.69 Å². The molecular weight excluding hydrogens is 371 g/mol. The molecule has 0 amide bonds. The smallest absolute Gasteiger partial charge is 0.316 e. The summed E-state index contributed by atoms with van der Waals surface area (Å²) < 4.78 is 25.6. The molecule has 0 aliphatic heterocycles. The monoisotopic (exact) mass is 390 g/mol. The molecule has 6 nitrogen and oxygen atoms in total. The standard InChI is InChI=1S/C22H19FN4O2/c1-22(2,3)13-28-20-24-11-15(12-25-20)14-8-9-17(16(23)10-14)26-21-27-18-6-4-5-7-19(18)29-21/h4-13H,1H2,2-3H3,(H,26,27). The third kappa shape index (κ3) is 4.51. The van der Waals surface area contributed by atoms with Crippen molar-refractivity contribution in [2.24, 2.45) is 5.41 Å². The Labute approximate surface area is 167 Å². The van der Waals surface area contributed by atoms with Gasteiger partial charge in [-0.2, -0.15) is 4.98 Å². The lowest BCUT2D eigenvalue weighted by molar-refractivity contribution is 0.284. The Kier molecular flexibility index (Phi) is 4.88. The van der Waals surface area contributed by atoms with Crippen molar-refractivity contribution in [2.45, 2.75) is 13.8 Å². The van der Waals surface area contributed by atoms with Gasteiger partial charge < -0.3 is 14.5 Å². The van der Waals surface area contributed by atoms with Crippen LogP contribution in [-0.4, -0.2) is 15.0 Å². The van der Waals surface area contributed by atoms with E-state index in [4.69, 9.17) is 9.15 Å². The van der Waals surface area contributed by atoms with Crippen molar-refractivity contribution in [3.8, 4) is 17.1 Å². The Morgan fingerprint density at radius 3 is 2.55 bits per heavy atom. The van der Waals surface area contributed by atoms with E-state index in [9.17, 15) is 4.39 Å². The van der Waals surface area contributed by atoms with E-state index in [1.54, 1.807) is 37.2 Å². The summed E-state index contributed by atoms with van der Waals surface area (Å²) in [5.41, 5.74) is 2.53. The summed E-state index contributed by atoms with van der Waals surface area (Å²) in [6, 6.07) is 12.6. The average molecular weight is 390 g/mol. The molecule has 2 aromatic heterocycles. The van der Waals surface area contributed by atoms with Gasteiger partial charge in [0.25, 0.3) is 6.01 Å². The van der Waals surface area contributed by atoms with Gasteiger partial charge in [-0.05, 0) is 36.8 Å². The number of benzene rings is 2. The lowest BCUT2D eigenvalue weighted by Gasteiger charge is -2.16. The van der Waals surface area contributed by atoms with Crippen LogP contribution in [0.15, 0.2) is 59.3 Å². The summed E-state index contributed by atoms with van der Waals surface area (Å²) in [7, 11) is 0. The lowest BCUT2D eigenvalue weighted by atomic mass is 9.99. The second kappa shape index (κ2) is 7.50. The molecular formula is C22H19FN4O2. The molecule has 0 fully saturated rings. The van der Waals surface area contributed by atoms with Crippen LogP contribution in [0.4, 0.5) is 16.1 Å². The summed E-state index contributed by atoms with van der Waals surface area (Å²) in [6.45, 7) is 9.29. The predicted octanol–water partition coefficient (Wildman–Crippen LogP) is 5.57. The van der Waals surface area contributed by atoms with Crippen LogP contribution in [0.3, 0.4) is 0 Å². The van der Waals surface area contributed by atoms with Gasteiger partial charge in [-0.25, -0.2) is 14.4 Å². The normalized spacial score (nSPS) is 11.6. The van der Waals surface area contributed by atoms with Crippen molar-refractivity contribution in [1.82, 2.24) is 15.0 Å². The van der Waals surface area contributed by atoms with E-state index in [-0.39, 0.29) is 23.1 Å². The maximum atomic E-state index is 14.6. The van der Waals surface area contributed by atoms with E-state index in [1.165, 1.54) is 6.07 Å². The van der Waals surface area contributed by atoms with Crippen molar-refractivity contribution < 1.29 is 13.5 Å². The molecule has 1 N–H and O–H groups in total. The first kappa shape index (κ1) is 18.9. The maximum Gasteiger partial charge on any atom is 0.316 e. The molecule has 146 valence electrons. The molecule has 29 heavy (non-hydrogen) atoms. The van der Waals surface area contributed by atoms with Gasteiger partial charge in [-0.15, -0.1) is 0 Å². The number of fused-ring (bicyclic) bond motifs is 1. The SMILES string of the molecule is [CH2]C(C)(C)[CH]Oc1ncc(-c2ccc(Nc3nc4ccccc4o3)c(F)c2)cn1. The van der Waals surface area contributed by atoms with Gasteiger partial charge in [-0.1, -0.05) is 32.0 Å². The molecule has 7 heteroatoms. The molecule has 2 heterocycles. The fourth-order valence-corrected chi connectivity index (χ4v) is 2.58. The van der Waals surface area contributed by atoms with Crippen molar-refractivity contribution in [3.05, 3.63) is 74.2 Å². The Morgan fingerprint density at radius 2 is 1.86 bits per heavy atom. The first-order valence-corrected chi connectivity index (χ1v) is 8.98. The molecule has 2 aromatic carbocycles. The number of ether oxygens (including phenoxy) is 1. The van der Waals surface area contributed by atoms with E-state index in [0.29, 0.717) is 22.2 Å². The van der Waals surface area contributed by atoms with Crippen LogP contribution in [0.1, 0.15) is 13.8 Å². The van der Waals surface area contributed by atoms with Crippen LogP contribution < -0.4 is 10.1 Å². The zero-order valence-electron chi connectivity index (χ0n) is 16.0. The molecule has 0 bridgehead atoms. The quantitative estimate of drug-likeness (QED) is 0.464. The first-order chi connectivity index (χ1) is 13.9. The van der Waals surface area contributed by atoms with Crippen LogP contribution in [0.25, 0.3) is 22.2 Å². The molecule has 4 rings (SSSR count). The van der Waals surface area contributed by atoms with Crippen molar-refractivity contribution in [3.63, 3.8) is 0 Å². The fourth-order valence-electron chi connectivity index (χ4n) is 2.58. The van der Waals surface area contributed by atoms with Crippen molar-refractivity contribution >= 4 is 22.8 Å². The minimum Gasteiger partial charge on any atom is -0.456 e. The highest BCUT2D eigenvalue weighted by Gasteiger charge is 2.14. The van der Waals surface area contributed by atoms with Crippen molar-refractivity contribution in [1.29, 1.82) is 0 Å². The van der Waals surface area contributed by atoms with Crippen molar-refractivity contribution in [2.75, 3.05) is 5.32 Å². The van der Waals surface area contributed by atoms with E-state index < -0.39 is 5.82 Å². The molecule has 4 aromatic rings. The first-order valence-electron chi connectivity index (χ1n) is 8.98. The zero-order chi connectivity index (χ0) is 20.4. The highest BCUT2D eigenvalue weighted by Crippen LogP contribution is 2.28. The Balaban J connectivity index is 1.49. The molecule has 0 spiro atoms. The fraction of sp³-hybridized carbons (Fsp3) is 0.136. The second-order valence-corrected chi connectivity index (χ2v) is 7.28. The Morgan fingerprint density at radius 1 is 1.10 bits per heavy atom. The summed E-state index contributed by atoms with van der Waals surface area (Å²) in [5.74, 6) is -0.447. The van der Waals surface area contributed by atoms with Gasteiger partial charge >= 0.3 is 6.01 Å². The highest BCUT2D eigenvalue weighted by atomic mass is 19.1. The molecule has 2 radical (unpaired) electrons. The van der Waals surface area contributed by atoms with Gasteiger partial charge in [0, 0.05) is 23.4 Å². The van der Waals surface area contributed by atoms with Gasteiger partial charge in [-0.3, -0.25) is 0 Å². The second-order valence-electron chi connectivity index (χ2n) is 7.28. The highest BCUT2D eigenvalue weighted by molar-refractivity contribution is 5.75. The number of nitrogens with zero attached hydrogens (tertiary/aromatic N) is 3. The number of hydrogen-bond acceptors (Lipinski definition) is 6. The lowest BCUT2D eigenvalue weighted by Crippen LogP contribution is -2.12. The molecule has 0 aliphatic carbocycles. The van der Waals surface area contributed by atoms with Crippen LogP contribution in [0, 0.1) is 24.8 Å². The predicted molar refractivity (Wildman–Crippen MR) is 109 cm³/mol. The number of oxazole rings is 1.